The number of halogens is 1. The van der Waals surface area contributed by atoms with Gasteiger partial charge in [0.1, 0.15) is 0 Å². The molecule has 2 atom stereocenters. The molecule has 0 amide bonds. The van der Waals surface area contributed by atoms with Crippen molar-refractivity contribution in [1.29, 1.82) is 0 Å². The Labute approximate surface area is 121 Å². The van der Waals surface area contributed by atoms with Crippen molar-refractivity contribution in [2.45, 2.75) is 32.7 Å². The minimum atomic E-state index is -0.186. The van der Waals surface area contributed by atoms with Crippen molar-refractivity contribution in [3.05, 3.63) is 46.0 Å². The summed E-state index contributed by atoms with van der Waals surface area (Å²) in [5.41, 5.74) is 7.21. The number of rotatable bonds is 5. The fraction of sp³-hybridized carbons (Fsp3) is 0.429. The van der Waals surface area contributed by atoms with Crippen LogP contribution in [0.4, 0.5) is 0 Å². The Morgan fingerprint density at radius 3 is 2.89 bits per heavy atom. The van der Waals surface area contributed by atoms with Crippen molar-refractivity contribution in [3.63, 3.8) is 0 Å². The summed E-state index contributed by atoms with van der Waals surface area (Å²) in [6, 6.07) is 7.88. The van der Waals surface area contributed by atoms with E-state index in [-0.39, 0.29) is 6.04 Å². The molecule has 0 unspecified atom stereocenters. The highest BCUT2D eigenvalue weighted by Crippen LogP contribution is 2.21. The van der Waals surface area contributed by atoms with E-state index < -0.39 is 0 Å². The second-order valence-electron chi connectivity index (χ2n) is 4.77. The van der Waals surface area contributed by atoms with Crippen molar-refractivity contribution in [1.82, 2.24) is 10.1 Å². The van der Waals surface area contributed by atoms with E-state index in [4.69, 9.17) is 10.3 Å². The topological polar surface area (TPSA) is 64.9 Å². The molecule has 0 radical (unpaired) electrons. The fourth-order valence-electron chi connectivity index (χ4n) is 1.80. The normalized spacial score (nSPS) is 14.3. The monoisotopic (exact) mass is 323 g/mol. The van der Waals surface area contributed by atoms with Crippen LogP contribution in [0.5, 0.6) is 0 Å². The molecule has 0 aliphatic heterocycles. The van der Waals surface area contributed by atoms with Crippen LogP contribution >= 0.6 is 15.9 Å². The predicted octanol–water partition coefficient (Wildman–Crippen LogP) is 3.47. The molecule has 19 heavy (non-hydrogen) atoms. The van der Waals surface area contributed by atoms with Gasteiger partial charge in [-0.3, -0.25) is 0 Å². The van der Waals surface area contributed by atoms with Gasteiger partial charge in [-0.1, -0.05) is 53.5 Å². The molecule has 0 saturated carbocycles. The number of aromatic nitrogens is 2. The van der Waals surface area contributed by atoms with Crippen LogP contribution in [0.1, 0.15) is 43.6 Å². The average molecular weight is 324 g/mol. The molecule has 0 bridgehead atoms. The molecule has 4 nitrogen and oxygen atoms in total. The van der Waals surface area contributed by atoms with Crippen LogP contribution < -0.4 is 5.73 Å². The van der Waals surface area contributed by atoms with Crippen LogP contribution in [0.3, 0.4) is 0 Å². The molecule has 1 aromatic carbocycles. The maximum absolute atomic E-state index is 6.08. The lowest BCUT2D eigenvalue weighted by Gasteiger charge is -2.12. The molecule has 2 rings (SSSR count). The Morgan fingerprint density at radius 2 is 2.21 bits per heavy atom. The van der Waals surface area contributed by atoms with Crippen LogP contribution in [-0.4, -0.2) is 10.1 Å². The molecule has 0 aliphatic carbocycles. The summed E-state index contributed by atoms with van der Waals surface area (Å²) in [6.45, 7) is 4.19. The van der Waals surface area contributed by atoms with Crippen molar-refractivity contribution in [2.24, 2.45) is 11.7 Å². The smallest absolute Gasteiger partial charge is 0.243 e. The second kappa shape index (κ2) is 6.30. The molecule has 0 spiro atoms. The zero-order valence-corrected chi connectivity index (χ0v) is 12.7. The summed E-state index contributed by atoms with van der Waals surface area (Å²) in [5.74, 6) is 1.53. The van der Waals surface area contributed by atoms with Crippen LogP contribution in [0.25, 0.3) is 0 Å². The summed E-state index contributed by atoms with van der Waals surface area (Å²) in [5, 5.41) is 4.00. The standard InChI is InChI=1S/C14H18BrN3O/c1-3-9(2)13(16)14-17-12(18-19-14)8-10-5-4-6-11(15)7-10/h4-7,9,13H,3,8,16H2,1-2H3/t9-,13-/m0/s1. The van der Waals surface area contributed by atoms with Crippen LogP contribution in [0.15, 0.2) is 33.3 Å². The summed E-state index contributed by atoms with van der Waals surface area (Å²) in [6.07, 6.45) is 1.64. The van der Waals surface area contributed by atoms with E-state index in [1.165, 1.54) is 0 Å². The molecule has 5 heteroatoms. The first-order valence-corrected chi connectivity index (χ1v) is 7.22. The third-order valence-corrected chi connectivity index (χ3v) is 3.77. The maximum Gasteiger partial charge on any atom is 0.243 e. The largest absolute Gasteiger partial charge is 0.338 e. The molecule has 0 fully saturated rings. The Bertz CT molecular complexity index is 541. The van der Waals surface area contributed by atoms with Gasteiger partial charge in [-0.25, -0.2) is 0 Å². The van der Waals surface area contributed by atoms with E-state index in [9.17, 15) is 0 Å². The van der Waals surface area contributed by atoms with E-state index in [1.807, 2.05) is 24.3 Å². The second-order valence-corrected chi connectivity index (χ2v) is 5.68. The Balaban J connectivity index is 2.09. The molecule has 0 aliphatic rings. The van der Waals surface area contributed by atoms with Crippen molar-refractivity contribution in [2.75, 3.05) is 0 Å². The number of hydrogen-bond acceptors (Lipinski definition) is 4. The summed E-state index contributed by atoms with van der Waals surface area (Å²) < 4.78 is 6.30. The third kappa shape index (κ3) is 3.64. The van der Waals surface area contributed by atoms with Gasteiger partial charge >= 0.3 is 0 Å². The SMILES string of the molecule is CC[C@H](C)[C@H](N)c1nc(Cc2cccc(Br)c2)no1. The van der Waals surface area contributed by atoms with Gasteiger partial charge < -0.3 is 10.3 Å². The van der Waals surface area contributed by atoms with Crippen LogP contribution in [0.2, 0.25) is 0 Å². The van der Waals surface area contributed by atoms with Crippen molar-refractivity contribution >= 4 is 15.9 Å². The fourth-order valence-corrected chi connectivity index (χ4v) is 2.25. The number of nitrogens with two attached hydrogens (primary N) is 1. The van der Waals surface area contributed by atoms with Gasteiger partial charge in [-0.15, -0.1) is 0 Å². The summed E-state index contributed by atoms with van der Waals surface area (Å²) >= 11 is 3.45. The molecule has 1 heterocycles. The molecule has 0 saturated heterocycles. The molecule has 1 aromatic heterocycles. The molecular weight excluding hydrogens is 306 g/mol. The van der Waals surface area contributed by atoms with Gasteiger partial charge in [-0.05, 0) is 23.6 Å². The third-order valence-electron chi connectivity index (χ3n) is 3.28. The van der Waals surface area contributed by atoms with Gasteiger partial charge in [0.2, 0.25) is 5.89 Å². The van der Waals surface area contributed by atoms with E-state index in [1.54, 1.807) is 0 Å². The van der Waals surface area contributed by atoms with Gasteiger partial charge in [0.15, 0.2) is 5.82 Å². The minimum absolute atomic E-state index is 0.186. The number of nitrogens with zero attached hydrogens (tertiary/aromatic N) is 2. The Morgan fingerprint density at radius 1 is 1.42 bits per heavy atom. The van der Waals surface area contributed by atoms with E-state index in [0.29, 0.717) is 24.1 Å². The molecular formula is C14H18BrN3O. The lowest BCUT2D eigenvalue weighted by atomic mass is 10.0. The highest BCUT2D eigenvalue weighted by molar-refractivity contribution is 9.10. The highest BCUT2D eigenvalue weighted by atomic mass is 79.9. The minimum Gasteiger partial charge on any atom is -0.338 e. The zero-order chi connectivity index (χ0) is 13.8. The van der Waals surface area contributed by atoms with Gasteiger partial charge in [0.05, 0.1) is 6.04 Å². The number of benzene rings is 1. The van der Waals surface area contributed by atoms with Gasteiger partial charge in [-0.2, -0.15) is 4.98 Å². The zero-order valence-electron chi connectivity index (χ0n) is 11.1. The quantitative estimate of drug-likeness (QED) is 0.914. The molecule has 102 valence electrons. The first-order valence-electron chi connectivity index (χ1n) is 6.42. The first kappa shape index (κ1) is 14.2. The van der Waals surface area contributed by atoms with Gasteiger partial charge in [0, 0.05) is 10.9 Å². The first-order chi connectivity index (χ1) is 9.10. The van der Waals surface area contributed by atoms with Crippen molar-refractivity contribution in [3.8, 4) is 0 Å². The van der Waals surface area contributed by atoms with Crippen LogP contribution in [0, 0.1) is 5.92 Å². The predicted molar refractivity (Wildman–Crippen MR) is 77.6 cm³/mol. The Hall–Kier alpha value is -1.20. The van der Waals surface area contributed by atoms with E-state index in [2.05, 4.69) is 39.9 Å². The summed E-state index contributed by atoms with van der Waals surface area (Å²) in [7, 11) is 0. The van der Waals surface area contributed by atoms with Crippen molar-refractivity contribution < 1.29 is 4.52 Å². The van der Waals surface area contributed by atoms with E-state index in [0.717, 1.165) is 16.5 Å². The average Bonchev–Trinajstić information content (AvgIpc) is 2.85. The van der Waals surface area contributed by atoms with E-state index >= 15 is 0 Å². The van der Waals surface area contributed by atoms with Gasteiger partial charge in [0.25, 0.3) is 0 Å². The molecule has 2 N–H and O–H groups in total. The number of hydrogen-bond donors (Lipinski definition) is 1. The Kier molecular flexibility index (Phi) is 4.71. The van der Waals surface area contributed by atoms with Crippen LogP contribution in [-0.2, 0) is 6.42 Å². The lowest BCUT2D eigenvalue weighted by Crippen LogP contribution is -2.18. The highest BCUT2D eigenvalue weighted by Gasteiger charge is 2.19. The summed E-state index contributed by atoms with van der Waals surface area (Å²) in [4.78, 5) is 4.39. The molecule has 2 aromatic rings. The maximum atomic E-state index is 6.08. The lowest BCUT2D eigenvalue weighted by molar-refractivity contribution is 0.310.